The van der Waals surface area contributed by atoms with Crippen LogP contribution in [0.15, 0.2) is 30.3 Å². The average Bonchev–Trinajstić information content (AvgIpc) is 2.43. The van der Waals surface area contributed by atoms with Crippen LogP contribution in [0, 0.1) is 6.92 Å². The maximum absolute atomic E-state index is 5.40. The van der Waals surface area contributed by atoms with Crippen LogP contribution in [-0.4, -0.2) is 37.2 Å². The Morgan fingerprint density at radius 3 is 2.50 bits per heavy atom. The van der Waals surface area contributed by atoms with Crippen molar-refractivity contribution in [1.29, 1.82) is 0 Å². The first-order valence-electron chi connectivity index (χ1n) is 6.86. The summed E-state index contributed by atoms with van der Waals surface area (Å²) in [5, 5.41) is 0. The van der Waals surface area contributed by atoms with Gasteiger partial charge in [0.1, 0.15) is 0 Å². The van der Waals surface area contributed by atoms with Crippen molar-refractivity contribution in [2.24, 2.45) is 0 Å². The first-order valence-corrected chi connectivity index (χ1v) is 6.86. The van der Waals surface area contributed by atoms with Crippen LogP contribution in [0.5, 0.6) is 0 Å². The van der Waals surface area contributed by atoms with Crippen LogP contribution in [0.1, 0.15) is 24.5 Å². The summed E-state index contributed by atoms with van der Waals surface area (Å²) >= 11 is 0. The first kappa shape index (κ1) is 13.3. The number of morpholine rings is 1. The molecular weight excluding hydrogens is 222 g/mol. The zero-order valence-corrected chi connectivity index (χ0v) is 11.4. The summed E-state index contributed by atoms with van der Waals surface area (Å²) in [5.41, 5.74) is 2.60. The average molecular weight is 245 g/mol. The van der Waals surface area contributed by atoms with Crippen molar-refractivity contribution in [3.8, 4) is 0 Å². The largest absolute Gasteiger partial charge is 0.379 e. The first-order chi connectivity index (χ1) is 8.79. The van der Waals surface area contributed by atoms with Gasteiger partial charge in [-0.2, -0.15) is 0 Å². The van der Waals surface area contributed by atoms with E-state index in [0.29, 0.717) is 6.04 Å². The van der Waals surface area contributed by atoms with E-state index in [4.69, 9.17) is 4.74 Å². The molecule has 0 spiro atoms. The maximum atomic E-state index is 5.40. The smallest absolute Gasteiger partial charge is 0.0594 e. The van der Waals surface area contributed by atoms with E-state index in [2.05, 4.69) is 55.2 Å². The highest BCUT2D eigenvalue weighted by atomic mass is 16.5. The molecule has 0 aromatic heterocycles. The highest BCUT2D eigenvalue weighted by molar-refractivity contribution is 5.50. The van der Waals surface area contributed by atoms with Gasteiger partial charge in [0.25, 0.3) is 0 Å². The Hall–Kier alpha value is -1.12. The molecule has 1 aliphatic heterocycles. The second kappa shape index (κ2) is 6.72. The molecular formula is C16H23NO. The molecule has 1 atom stereocenters. The number of nitrogens with zero attached hydrogens (tertiary/aromatic N) is 1. The number of benzene rings is 1. The molecule has 1 aromatic carbocycles. The molecule has 18 heavy (non-hydrogen) atoms. The van der Waals surface area contributed by atoms with Crippen LogP contribution in [-0.2, 0) is 4.74 Å². The number of rotatable bonds is 4. The van der Waals surface area contributed by atoms with Gasteiger partial charge >= 0.3 is 0 Å². The van der Waals surface area contributed by atoms with Crippen LogP contribution < -0.4 is 0 Å². The lowest BCUT2D eigenvalue weighted by Crippen LogP contribution is -2.42. The fourth-order valence-corrected chi connectivity index (χ4v) is 2.32. The lowest BCUT2D eigenvalue weighted by atomic mass is 10.1. The van der Waals surface area contributed by atoms with Crippen molar-refractivity contribution in [2.45, 2.75) is 26.3 Å². The van der Waals surface area contributed by atoms with E-state index in [1.165, 1.54) is 11.1 Å². The minimum absolute atomic E-state index is 0.537. The molecule has 0 bridgehead atoms. The summed E-state index contributed by atoms with van der Waals surface area (Å²) in [7, 11) is 0. The molecule has 98 valence electrons. The van der Waals surface area contributed by atoms with Gasteiger partial charge in [-0.15, -0.1) is 0 Å². The highest BCUT2D eigenvalue weighted by Crippen LogP contribution is 2.12. The van der Waals surface area contributed by atoms with Crippen molar-refractivity contribution in [3.63, 3.8) is 0 Å². The predicted octanol–water partition coefficient (Wildman–Crippen LogP) is 3.12. The molecule has 0 N–H and O–H groups in total. The second-order valence-corrected chi connectivity index (χ2v) is 4.89. The van der Waals surface area contributed by atoms with Crippen LogP contribution in [0.2, 0.25) is 0 Å². The minimum Gasteiger partial charge on any atom is -0.379 e. The SMILES string of the molecule is CCC(/C=C/c1ccc(C)cc1)N1CCOCC1. The van der Waals surface area contributed by atoms with Gasteiger partial charge in [0.15, 0.2) is 0 Å². The normalized spacial score (nSPS) is 19.2. The van der Waals surface area contributed by atoms with Gasteiger partial charge < -0.3 is 4.74 Å². The number of ether oxygens (including phenoxy) is 1. The van der Waals surface area contributed by atoms with E-state index in [1.54, 1.807) is 0 Å². The van der Waals surface area contributed by atoms with Gasteiger partial charge in [-0.3, -0.25) is 4.90 Å². The molecule has 1 fully saturated rings. The summed E-state index contributed by atoms with van der Waals surface area (Å²) < 4.78 is 5.40. The molecule has 0 amide bonds. The van der Waals surface area contributed by atoms with E-state index in [-0.39, 0.29) is 0 Å². The van der Waals surface area contributed by atoms with Gasteiger partial charge in [0.2, 0.25) is 0 Å². The molecule has 0 aliphatic carbocycles. The molecule has 1 aliphatic rings. The molecule has 1 aromatic rings. The fraction of sp³-hybridized carbons (Fsp3) is 0.500. The fourth-order valence-electron chi connectivity index (χ4n) is 2.32. The molecule has 0 radical (unpaired) electrons. The van der Waals surface area contributed by atoms with Crippen molar-refractivity contribution >= 4 is 6.08 Å². The van der Waals surface area contributed by atoms with Crippen LogP contribution in [0.3, 0.4) is 0 Å². The molecule has 1 unspecified atom stereocenters. The van der Waals surface area contributed by atoms with E-state index in [0.717, 1.165) is 32.7 Å². The third-order valence-corrected chi connectivity index (χ3v) is 3.52. The van der Waals surface area contributed by atoms with E-state index >= 15 is 0 Å². The van der Waals surface area contributed by atoms with Crippen molar-refractivity contribution in [3.05, 3.63) is 41.5 Å². The summed E-state index contributed by atoms with van der Waals surface area (Å²) in [6, 6.07) is 9.22. The summed E-state index contributed by atoms with van der Waals surface area (Å²) in [5.74, 6) is 0. The van der Waals surface area contributed by atoms with E-state index in [1.807, 2.05) is 0 Å². The van der Waals surface area contributed by atoms with E-state index < -0.39 is 0 Å². The number of hydrogen-bond acceptors (Lipinski definition) is 2. The molecule has 2 nitrogen and oxygen atoms in total. The number of hydrogen-bond donors (Lipinski definition) is 0. The lowest BCUT2D eigenvalue weighted by molar-refractivity contribution is 0.0252. The van der Waals surface area contributed by atoms with Gasteiger partial charge in [0, 0.05) is 19.1 Å². The van der Waals surface area contributed by atoms with Crippen molar-refractivity contribution in [1.82, 2.24) is 4.90 Å². The Kier molecular flexibility index (Phi) is 4.97. The summed E-state index contributed by atoms with van der Waals surface area (Å²) in [6.45, 7) is 8.22. The Morgan fingerprint density at radius 2 is 1.89 bits per heavy atom. The molecule has 2 rings (SSSR count). The minimum atomic E-state index is 0.537. The van der Waals surface area contributed by atoms with Gasteiger partial charge in [-0.1, -0.05) is 48.9 Å². The Labute approximate surface area is 110 Å². The maximum Gasteiger partial charge on any atom is 0.0594 e. The Balaban J connectivity index is 1.98. The third-order valence-electron chi connectivity index (χ3n) is 3.52. The second-order valence-electron chi connectivity index (χ2n) is 4.89. The van der Waals surface area contributed by atoms with Crippen LogP contribution >= 0.6 is 0 Å². The summed E-state index contributed by atoms with van der Waals surface area (Å²) in [6.07, 6.45) is 5.72. The number of aryl methyl sites for hydroxylation is 1. The molecule has 1 heterocycles. The van der Waals surface area contributed by atoms with Gasteiger partial charge in [0.05, 0.1) is 13.2 Å². The molecule has 0 saturated carbocycles. The topological polar surface area (TPSA) is 12.5 Å². The van der Waals surface area contributed by atoms with E-state index in [9.17, 15) is 0 Å². The zero-order valence-electron chi connectivity index (χ0n) is 11.4. The Bertz CT molecular complexity index is 377. The van der Waals surface area contributed by atoms with Crippen molar-refractivity contribution < 1.29 is 4.74 Å². The van der Waals surface area contributed by atoms with Gasteiger partial charge in [-0.25, -0.2) is 0 Å². The highest BCUT2D eigenvalue weighted by Gasteiger charge is 2.16. The third kappa shape index (κ3) is 3.69. The standard InChI is InChI=1S/C16H23NO/c1-3-16(17-10-12-18-13-11-17)9-8-15-6-4-14(2)5-7-15/h4-9,16H,3,10-13H2,1-2H3/b9-8+. The molecule has 1 saturated heterocycles. The molecule has 2 heteroatoms. The zero-order chi connectivity index (χ0) is 12.8. The van der Waals surface area contributed by atoms with Crippen LogP contribution in [0.4, 0.5) is 0 Å². The van der Waals surface area contributed by atoms with Crippen molar-refractivity contribution in [2.75, 3.05) is 26.3 Å². The monoisotopic (exact) mass is 245 g/mol. The van der Waals surface area contributed by atoms with Gasteiger partial charge in [-0.05, 0) is 18.9 Å². The van der Waals surface area contributed by atoms with Crippen LogP contribution in [0.25, 0.3) is 6.08 Å². The quantitative estimate of drug-likeness (QED) is 0.808. The lowest BCUT2D eigenvalue weighted by Gasteiger charge is -2.32. The Morgan fingerprint density at radius 1 is 1.22 bits per heavy atom. The predicted molar refractivity (Wildman–Crippen MR) is 76.7 cm³/mol. The summed E-state index contributed by atoms with van der Waals surface area (Å²) in [4.78, 5) is 2.51.